The third kappa shape index (κ3) is 3.22. The van der Waals surface area contributed by atoms with Gasteiger partial charge in [0.05, 0.1) is 0 Å². The second-order valence-electron chi connectivity index (χ2n) is 2.94. The van der Waals surface area contributed by atoms with Gasteiger partial charge in [0.1, 0.15) is 5.15 Å². The highest BCUT2D eigenvalue weighted by Gasteiger charge is 1.99. The van der Waals surface area contributed by atoms with Crippen molar-refractivity contribution in [2.45, 2.75) is 10.9 Å². The largest absolute Gasteiger partial charge is 0.231 e. The molecule has 0 amide bonds. The maximum absolute atomic E-state index is 5.76. The Labute approximate surface area is 97.7 Å². The van der Waals surface area contributed by atoms with E-state index in [-0.39, 0.29) is 0 Å². The van der Waals surface area contributed by atoms with Gasteiger partial charge in [0.25, 0.3) is 0 Å². The summed E-state index contributed by atoms with van der Waals surface area (Å²) in [5.74, 6) is 0.862. The van der Waals surface area contributed by atoms with E-state index in [0.29, 0.717) is 10.3 Å². The molecule has 0 radical (unpaired) electrons. The van der Waals surface area contributed by atoms with E-state index in [0.717, 1.165) is 5.75 Å². The van der Waals surface area contributed by atoms with Gasteiger partial charge in [-0.1, -0.05) is 53.7 Å². The number of hydrogen-bond donors (Lipinski definition) is 0. The summed E-state index contributed by atoms with van der Waals surface area (Å²) in [5, 5.41) is 1.20. The molecule has 1 aromatic heterocycles. The Kier molecular flexibility index (Phi) is 3.59. The van der Waals surface area contributed by atoms with E-state index < -0.39 is 0 Å². The summed E-state index contributed by atoms with van der Waals surface area (Å²) in [5.41, 5.74) is 1.26. The van der Waals surface area contributed by atoms with Crippen molar-refractivity contribution in [3.63, 3.8) is 0 Å². The zero-order chi connectivity index (χ0) is 10.5. The second-order valence-corrected chi connectivity index (χ2v) is 4.27. The monoisotopic (exact) mass is 236 g/mol. The minimum atomic E-state index is 0.487. The molecule has 1 aromatic carbocycles. The molecule has 0 unspecified atom stereocenters. The number of nitrogens with zero attached hydrogens (tertiary/aromatic N) is 2. The number of thioether (sulfide) groups is 1. The molecule has 76 valence electrons. The lowest BCUT2D eigenvalue weighted by Gasteiger charge is -2.00. The van der Waals surface area contributed by atoms with E-state index in [1.807, 2.05) is 18.2 Å². The second kappa shape index (κ2) is 5.14. The molecule has 0 atom stereocenters. The average molecular weight is 237 g/mol. The van der Waals surface area contributed by atoms with Gasteiger partial charge >= 0.3 is 0 Å². The third-order valence-electron chi connectivity index (χ3n) is 1.81. The summed E-state index contributed by atoms with van der Waals surface area (Å²) < 4.78 is 0. The lowest BCUT2D eigenvalue weighted by atomic mass is 10.2. The van der Waals surface area contributed by atoms with Gasteiger partial charge in [-0.25, -0.2) is 9.97 Å². The number of aromatic nitrogens is 2. The molecule has 0 aliphatic carbocycles. The van der Waals surface area contributed by atoms with Crippen LogP contribution in [0.15, 0.2) is 47.8 Å². The molecule has 4 heteroatoms. The zero-order valence-corrected chi connectivity index (χ0v) is 9.50. The van der Waals surface area contributed by atoms with E-state index in [2.05, 4.69) is 22.1 Å². The molecule has 2 rings (SSSR count). The molecule has 0 N–H and O–H groups in total. The Morgan fingerprint density at radius 2 is 1.93 bits per heavy atom. The lowest BCUT2D eigenvalue weighted by molar-refractivity contribution is 0.967. The number of benzene rings is 1. The minimum Gasteiger partial charge on any atom is -0.231 e. The fourth-order valence-corrected chi connectivity index (χ4v) is 2.08. The smallest absolute Gasteiger partial charge is 0.189 e. The van der Waals surface area contributed by atoms with Crippen molar-refractivity contribution in [1.29, 1.82) is 0 Å². The van der Waals surface area contributed by atoms with Crippen molar-refractivity contribution in [1.82, 2.24) is 9.97 Å². The van der Waals surface area contributed by atoms with Crippen LogP contribution < -0.4 is 0 Å². The van der Waals surface area contributed by atoms with Crippen LogP contribution in [0.4, 0.5) is 0 Å². The van der Waals surface area contributed by atoms with Crippen molar-refractivity contribution >= 4 is 23.4 Å². The average Bonchev–Trinajstić information content (AvgIpc) is 2.28. The highest BCUT2D eigenvalue weighted by Crippen LogP contribution is 2.19. The van der Waals surface area contributed by atoms with Gasteiger partial charge in [0.2, 0.25) is 0 Å². The minimum absolute atomic E-state index is 0.487. The summed E-state index contributed by atoms with van der Waals surface area (Å²) >= 11 is 7.34. The molecular formula is C11H9ClN2S. The van der Waals surface area contributed by atoms with Gasteiger partial charge < -0.3 is 0 Å². The molecule has 1 heterocycles. The van der Waals surface area contributed by atoms with Crippen LogP contribution in [0, 0.1) is 0 Å². The fraction of sp³-hybridized carbons (Fsp3) is 0.0909. The van der Waals surface area contributed by atoms with E-state index in [4.69, 9.17) is 11.6 Å². The molecule has 0 saturated heterocycles. The molecule has 0 saturated carbocycles. The fourth-order valence-electron chi connectivity index (χ4n) is 1.11. The Balaban J connectivity index is 1.99. The third-order valence-corrected chi connectivity index (χ3v) is 2.95. The predicted molar refractivity (Wildman–Crippen MR) is 63.0 cm³/mol. The van der Waals surface area contributed by atoms with Crippen molar-refractivity contribution < 1.29 is 0 Å². The van der Waals surface area contributed by atoms with Gasteiger partial charge in [-0.2, -0.15) is 0 Å². The van der Waals surface area contributed by atoms with E-state index in [1.165, 1.54) is 5.56 Å². The van der Waals surface area contributed by atoms with Crippen molar-refractivity contribution in [2.75, 3.05) is 0 Å². The van der Waals surface area contributed by atoms with Crippen molar-refractivity contribution in [3.8, 4) is 0 Å². The van der Waals surface area contributed by atoms with Crippen LogP contribution in [0.25, 0.3) is 0 Å². The van der Waals surface area contributed by atoms with Gasteiger partial charge in [-0.05, 0) is 11.6 Å². The lowest BCUT2D eigenvalue weighted by Crippen LogP contribution is -1.86. The number of rotatable bonds is 3. The van der Waals surface area contributed by atoms with Crippen LogP contribution in [0.2, 0.25) is 5.15 Å². The molecule has 0 aliphatic heterocycles. The van der Waals surface area contributed by atoms with Crippen LogP contribution >= 0.6 is 23.4 Å². The maximum atomic E-state index is 5.76. The summed E-state index contributed by atoms with van der Waals surface area (Å²) in [6.07, 6.45) is 1.67. The summed E-state index contributed by atoms with van der Waals surface area (Å²) in [6, 6.07) is 11.9. The summed E-state index contributed by atoms with van der Waals surface area (Å²) in [4.78, 5) is 8.23. The van der Waals surface area contributed by atoms with E-state index >= 15 is 0 Å². The van der Waals surface area contributed by atoms with Crippen LogP contribution in [0.3, 0.4) is 0 Å². The van der Waals surface area contributed by atoms with Crippen LogP contribution in [-0.4, -0.2) is 9.97 Å². The van der Waals surface area contributed by atoms with Gasteiger partial charge in [0, 0.05) is 11.9 Å². The van der Waals surface area contributed by atoms with Crippen molar-refractivity contribution in [3.05, 3.63) is 53.3 Å². The maximum Gasteiger partial charge on any atom is 0.189 e. The zero-order valence-electron chi connectivity index (χ0n) is 7.93. The Morgan fingerprint density at radius 1 is 1.13 bits per heavy atom. The summed E-state index contributed by atoms with van der Waals surface area (Å²) in [6.45, 7) is 0. The Morgan fingerprint density at radius 3 is 2.67 bits per heavy atom. The highest BCUT2D eigenvalue weighted by molar-refractivity contribution is 7.98. The first-order valence-corrected chi connectivity index (χ1v) is 5.86. The van der Waals surface area contributed by atoms with Crippen LogP contribution in [-0.2, 0) is 5.75 Å². The molecule has 0 fully saturated rings. The van der Waals surface area contributed by atoms with E-state index in [9.17, 15) is 0 Å². The molecule has 0 aliphatic rings. The number of hydrogen-bond acceptors (Lipinski definition) is 3. The first-order chi connectivity index (χ1) is 7.34. The molecule has 15 heavy (non-hydrogen) atoms. The molecule has 0 bridgehead atoms. The molecule has 2 nitrogen and oxygen atoms in total. The standard InChI is InChI=1S/C11H9ClN2S/c12-10-6-7-13-11(14-10)15-8-9-4-2-1-3-5-9/h1-7H,8H2. The first-order valence-electron chi connectivity index (χ1n) is 4.50. The molecular weight excluding hydrogens is 228 g/mol. The molecule has 2 aromatic rings. The normalized spacial score (nSPS) is 10.2. The quantitative estimate of drug-likeness (QED) is 0.464. The summed E-state index contributed by atoms with van der Waals surface area (Å²) in [7, 11) is 0. The van der Waals surface area contributed by atoms with Gasteiger partial charge in [-0.15, -0.1) is 0 Å². The topological polar surface area (TPSA) is 25.8 Å². The Bertz CT molecular complexity index is 434. The van der Waals surface area contributed by atoms with Crippen molar-refractivity contribution in [2.24, 2.45) is 0 Å². The highest BCUT2D eigenvalue weighted by atomic mass is 35.5. The number of halogens is 1. The molecule has 0 spiro atoms. The van der Waals surface area contributed by atoms with Gasteiger partial charge in [-0.3, -0.25) is 0 Å². The van der Waals surface area contributed by atoms with Gasteiger partial charge in [0.15, 0.2) is 5.16 Å². The van der Waals surface area contributed by atoms with E-state index in [1.54, 1.807) is 24.0 Å². The SMILES string of the molecule is Clc1ccnc(SCc2ccccc2)n1. The van der Waals surface area contributed by atoms with Crippen LogP contribution in [0.5, 0.6) is 0 Å². The first kappa shape index (κ1) is 10.5. The Hall–Kier alpha value is -1.06. The predicted octanol–water partition coefficient (Wildman–Crippen LogP) is 3.42. The van der Waals surface area contributed by atoms with Crippen LogP contribution in [0.1, 0.15) is 5.56 Å².